The van der Waals surface area contributed by atoms with Crippen molar-refractivity contribution in [3.8, 4) is 0 Å². The summed E-state index contributed by atoms with van der Waals surface area (Å²) in [5.41, 5.74) is 0. The van der Waals surface area contributed by atoms with Gasteiger partial charge in [-0.3, -0.25) is 0 Å². The SMILES string of the molecule is OC1CCC2CN(CC3CCOC3)CC12. The van der Waals surface area contributed by atoms with Gasteiger partial charge in [0.25, 0.3) is 0 Å². The Kier molecular flexibility index (Phi) is 2.71. The Morgan fingerprint density at radius 1 is 1.20 bits per heavy atom. The van der Waals surface area contributed by atoms with Crippen LogP contribution >= 0.6 is 0 Å². The highest BCUT2D eigenvalue weighted by Crippen LogP contribution is 2.38. The highest BCUT2D eigenvalue weighted by atomic mass is 16.5. The summed E-state index contributed by atoms with van der Waals surface area (Å²) in [5, 5.41) is 9.83. The molecule has 0 aromatic rings. The number of aliphatic hydroxyl groups is 1. The van der Waals surface area contributed by atoms with E-state index in [1.165, 1.54) is 25.9 Å². The van der Waals surface area contributed by atoms with Crippen LogP contribution in [0.5, 0.6) is 0 Å². The number of ether oxygens (including phenoxy) is 1. The number of rotatable bonds is 2. The lowest BCUT2D eigenvalue weighted by Crippen LogP contribution is -2.30. The van der Waals surface area contributed by atoms with Gasteiger partial charge in [0.15, 0.2) is 0 Å². The summed E-state index contributed by atoms with van der Waals surface area (Å²) >= 11 is 0. The van der Waals surface area contributed by atoms with Crippen LogP contribution in [-0.2, 0) is 4.74 Å². The average Bonchev–Trinajstić information content (AvgIpc) is 2.88. The van der Waals surface area contributed by atoms with Crippen molar-refractivity contribution in [2.45, 2.75) is 25.4 Å². The van der Waals surface area contributed by atoms with Gasteiger partial charge in [-0.05, 0) is 31.1 Å². The number of likely N-dealkylation sites (tertiary alicyclic amines) is 1. The lowest BCUT2D eigenvalue weighted by atomic mass is 10.00. The minimum atomic E-state index is -0.0140. The van der Waals surface area contributed by atoms with Gasteiger partial charge in [-0.1, -0.05) is 0 Å². The van der Waals surface area contributed by atoms with Gasteiger partial charge in [-0.2, -0.15) is 0 Å². The number of hydrogen-bond donors (Lipinski definition) is 1. The lowest BCUT2D eigenvalue weighted by Gasteiger charge is -2.20. The summed E-state index contributed by atoms with van der Waals surface area (Å²) in [4.78, 5) is 2.55. The third-order valence-electron chi connectivity index (χ3n) is 4.44. The number of fused-ring (bicyclic) bond motifs is 1. The van der Waals surface area contributed by atoms with Crippen LogP contribution in [0.15, 0.2) is 0 Å². The van der Waals surface area contributed by atoms with Gasteiger partial charge in [0.2, 0.25) is 0 Å². The molecule has 3 heteroatoms. The van der Waals surface area contributed by atoms with Gasteiger partial charge in [0.1, 0.15) is 0 Å². The van der Waals surface area contributed by atoms with E-state index in [4.69, 9.17) is 4.74 Å². The molecule has 15 heavy (non-hydrogen) atoms. The van der Waals surface area contributed by atoms with Gasteiger partial charge in [-0.15, -0.1) is 0 Å². The van der Waals surface area contributed by atoms with Crippen LogP contribution < -0.4 is 0 Å². The molecule has 2 heterocycles. The topological polar surface area (TPSA) is 32.7 Å². The summed E-state index contributed by atoms with van der Waals surface area (Å²) in [6, 6.07) is 0. The van der Waals surface area contributed by atoms with Gasteiger partial charge < -0.3 is 14.7 Å². The van der Waals surface area contributed by atoms with E-state index < -0.39 is 0 Å². The molecule has 2 aliphatic heterocycles. The zero-order chi connectivity index (χ0) is 10.3. The van der Waals surface area contributed by atoms with Crippen molar-refractivity contribution in [1.82, 2.24) is 4.90 Å². The summed E-state index contributed by atoms with van der Waals surface area (Å²) in [6.07, 6.45) is 3.49. The standard InChI is InChI=1S/C12H21NO2/c14-12-2-1-10-6-13(7-11(10)12)5-9-3-4-15-8-9/h9-12,14H,1-8H2. The van der Waals surface area contributed by atoms with Crippen LogP contribution in [0.4, 0.5) is 0 Å². The van der Waals surface area contributed by atoms with E-state index in [9.17, 15) is 5.11 Å². The minimum Gasteiger partial charge on any atom is -0.393 e. The maximum Gasteiger partial charge on any atom is 0.0583 e. The third-order valence-corrected chi connectivity index (χ3v) is 4.44. The molecule has 0 radical (unpaired) electrons. The van der Waals surface area contributed by atoms with Crippen LogP contribution in [0.1, 0.15) is 19.3 Å². The van der Waals surface area contributed by atoms with Crippen molar-refractivity contribution >= 4 is 0 Å². The lowest BCUT2D eigenvalue weighted by molar-refractivity contribution is 0.120. The van der Waals surface area contributed by atoms with Crippen LogP contribution in [-0.4, -0.2) is 49.0 Å². The largest absolute Gasteiger partial charge is 0.393 e. The van der Waals surface area contributed by atoms with Gasteiger partial charge >= 0.3 is 0 Å². The van der Waals surface area contributed by atoms with Crippen LogP contribution in [0, 0.1) is 17.8 Å². The van der Waals surface area contributed by atoms with Gasteiger partial charge in [0.05, 0.1) is 12.7 Å². The monoisotopic (exact) mass is 211 g/mol. The Balaban J connectivity index is 1.53. The van der Waals surface area contributed by atoms with E-state index in [0.717, 1.165) is 38.0 Å². The molecule has 3 fully saturated rings. The first-order valence-electron chi connectivity index (χ1n) is 6.31. The van der Waals surface area contributed by atoms with Crippen LogP contribution in [0.25, 0.3) is 0 Å². The number of hydrogen-bond acceptors (Lipinski definition) is 3. The van der Waals surface area contributed by atoms with E-state index in [0.29, 0.717) is 5.92 Å². The molecule has 86 valence electrons. The number of nitrogens with zero attached hydrogens (tertiary/aromatic N) is 1. The first kappa shape index (κ1) is 10.1. The predicted molar refractivity (Wildman–Crippen MR) is 57.6 cm³/mol. The predicted octanol–water partition coefficient (Wildman–Crippen LogP) is 0.726. The van der Waals surface area contributed by atoms with E-state index in [1.54, 1.807) is 0 Å². The Morgan fingerprint density at radius 2 is 2.13 bits per heavy atom. The minimum absolute atomic E-state index is 0.0140. The molecular formula is C12H21NO2. The molecular weight excluding hydrogens is 190 g/mol. The molecule has 2 saturated heterocycles. The molecule has 3 nitrogen and oxygen atoms in total. The van der Waals surface area contributed by atoms with Crippen molar-refractivity contribution < 1.29 is 9.84 Å². The highest BCUT2D eigenvalue weighted by Gasteiger charge is 2.42. The maximum atomic E-state index is 9.83. The van der Waals surface area contributed by atoms with Gasteiger partial charge in [-0.25, -0.2) is 0 Å². The van der Waals surface area contributed by atoms with Crippen LogP contribution in [0.3, 0.4) is 0 Å². The van der Waals surface area contributed by atoms with E-state index in [2.05, 4.69) is 4.90 Å². The number of aliphatic hydroxyl groups excluding tert-OH is 1. The van der Waals surface area contributed by atoms with Crippen molar-refractivity contribution in [2.24, 2.45) is 17.8 Å². The molecule has 4 unspecified atom stereocenters. The van der Waals surface area contributed by atoms with Crippen LogP contribution in [0.2, 0.25) is 0 Å². The first-order chi connectivity index (χ1) is 7.33. The molecule has 0 amide bonds. The highest BCUT2D eigenvalue weighted by molar-refractivity contribution is 4.94. The zero-order valence-electron chi connectivity index (χ0n) is 9.27. The second kappa shape index (κ2) is 4.04. The van der Waals surface area contributed by atoms with Gasteiger partial charge in [0, 0.05) is 32.2 Å². The average molecular weight is 211 g/mol. The molecule has 0 aromatic heterocycles. The molecule has 1 N–H and O–H groups in total. The quantitative estimate of drug-likeness (QED) is 0.731. The van der Waals surface area contributed by atoms with Crippen molar-refractivity contribution in [1.29, 1.82) is 0 Å². The van der Waals surface area contributed by atoms with Crippen molar-refractivity contribution in [3.63, 3.8) is 0 Å². The van der Waals surface area contributed by atoms with Crippen molar-refractivity contribution in [3.05, 3.63) is 0 Å². The molecule has 0 bridgehead atoms. The fraction of sp³-hybridized carbons (Fsp3) is 1.00. The molecule has 1 aliphatic carbocycles. The second-order valence-corrected chi connectivity index (χ2v) is 5.52. The second-order valence-electron chi connectivity index (χ2n) is 5.52. The molecule has 0 spiro atoms. The summed E-state index contributed by atoms with van der Waals surface area (Å²) in [6.45, 7) is 5.45. The summed E-state index contributed by atoms with van der Waals surface area (Å²) in [7, 11) is 0. The molecule has 0 aromatic carbocycles. The van der Waals surface area contributed by atoms with E-state index in [1.807, 2.05) is 0 Å². The molecule has 3 rings (SSSR count). The first-order valence-corrected chi connectivity index (χ1v) is 6.31. The summed E-state index contributed by atoms with van der Waals surface area (Å²) < 4.78 is 5.41. The molecule has 4 atom stereocenters. The normalized spacial score (nSPS) is 46.2. The molecule has 3 aliphatic rings. The Morgan fingerprint density at radius 3 is 2.87 bits per heavy atom. The third kappa shape index (κ3) is 1.93. The van der Waals surface area contributed by atoms with E-state index >= 15 is 0 Å². The van der Waals surface area contributed by atoms with Crippen molar-refractivity contribution in [2.75, 3.05) is 32.8 Å². The maximum absolute atomic E-state index is 9.83. The zero-order valence-corrected chi connectivity index (χ0v) is 9.27. The summed E-state index contributed by atoms with van der Waals surface area (Å²) in [5.74, 6) is 2.11. The van der Waals surface area contributed by atoms with E-state index in [-0.39, 0.29) is 6.10 Å². The Hall–Kier alpha value is -0.120. The molecule has 1 saturated carbocycles. The fourth-order valence-corrected chi connectivity index (χ4v) is 3.57. The fourth-order valence-electron chi connectivity index (χ4n) is 3.57. The Bertz CT molecular complexity index is 226. The smallest absolute Gasteiger partial charge is 0.0583 e. The Labute approximate surface area is 91.4 Å².